The number of benzene rings is 1. The average molecular weight is 259 g/mol. The van der Waals surface area contributed by atoms with E-state index in [2.05, 4.69) is 0 Å². The number of hydrogen-bond acceptors (Lipinski definition) is 4. The van der Waals surface area contributed by atoms with E-state index in [-0.39, 0.29) is 18.4 Å². The molecule has 0 radical (unpaired) electrons. The Morgan fingerprint density at radius 3 is 2.84 bits per heavy atom. The lowest BCUT2D eigenvalue weighted by Gasteiger charge is -2.35. The van der Waals surface area contributed by atoms with Gasteiger partial charge in [0, 0.05) is 6.54 Å². The lowest BCUT2D eigenvalue weighted by Crippen LogP contribution is -2.48. The third-order valence-electron chi connectivity index (χ3n) is 3.15. The first kappa shape index (κ1) is 13.4. The second kappa shape index (κ2) is 5.29. The van der Waals surface area contributed by atoms with Gasteiger partial charge in [0.25, 0.3) is 5.91 Å². The fourth-order valence-electron chi connectivity index (χ4n) is 2.12. The molecular formula is C14H17N3O2. The van der Waals surface area contributed by atoms with Crippen LogP contribution in [0.2, 0.25) is 0 Å². The highest BCUT2D eigenvalue weighted by atomic mass is 16.5. The van der Waals surface area contributed by atoms with Crippen LogP contribution in [0.15, 0.2) is 18.2 Å². The van der Waals surface area contributed by atoms with Gasteiger partial charge in [-0.2, -0.15) is 5.26 Å². The van der Waals surface area contributed by atoms with Crippen LogP contribution in [0.1, 0.15) is 19.4 Å². The van der Waals surface area contributed by atoms with Crippen molar-refractivity contribution in [2.24, 2.45) is 11.7 Å². The highest BCUT2D eigenvalue weighted by Crippen LogP contribution is 2.36. The maximum absolute atomic E-state index is 12.3. The number of carbonyl (C=O) groups is 1. The molecule has 0 saturated carbocycles. The monoisotopic (exact) mass is 259 g/mol. The molecule has 0 fully saturated rings. The van der Waals surface area contributed by atoms with Crippen LogP contribution in [-0.4, -0.2) is 18.6 Å². The van der Waals surface area contributed by atoms with Crippen LogP contribution >= 0.6 is 0 Å². The van der Waals surface area contributed by atoms with E-state index in [0.29, 0.717) is 18.0 Å². The number of nitrogens with two attached hydrogens (primary N) is 1. The van der Waals surface area contributed by atoms with Crippen LogP contribution < -0.4 is 15.4 Å². The first-order valence-corrected chi connectivity index (χ1v) is 6.26. The van der Waals surface area contributed by atoms with Crippen LogP contribution in [-0.2, 0) is 11.3 Å². The number of rotatable bonds is 3. The number of fused-ring (bicyclic) bond motifs is 1. The molecule has 19 heavy (non-hydrogen) atoms. The summed E-state index contributed by atoms with van der Waals surface area (Å²) in [5, 5.41) is 8.90. The number of hydrogen-bond donors (Lipinski definition) is 1. The van der Waals surface area contributed by atoms with E-state index in [1.807, 2.05) is 32.0 Å². The van der Waals surface area contributed by atoms with Crippen molar-refractivity contribution in [3.8, 4) is 11.8 Å². The molecule has 1 aliphatic rings. The van der Waals surface area contributed by atoms with Crippen molar-refractivity contribution in [1.29, 1.82) is 5.26 Å². The Morgan fingerprint density at radius 2 is 2.26 bits per heavy atom. The molecule has 1 aliphatic heterocycles. The normalized spacial score (nSPS) is 17.9. The highest BCUT2D eigenvalue weighted by molar-refractivity contribution is 6.00. The summed E-state index contributed by atoms with van der Waals surface area (Å²) in [4.78, 5) is 13.8. The second-order valence-electron chi connectivity index (χ2n) is 4.87. The molecule has 5 nitrogen and oxygen atoms in total. The predicted molar refractivity (Wildman–Crippen MR) is 71.6 cm³/mol. The molecule has 0 bridgehead atoms. The molecule has 1 heterocycles. The van der Waals surface area contributed by atoms with Gasteiger partial charge in [0.2, 0.25) is 0 Å². The fraction of sp³-hybridized carbons (Fsp3) is 0.429. The summed E-state index contributed by atoms with van der Waals surface area (Å²) >= 11 is 0. The number of nitrogens with zero attached hydrogens (tertiary/aromatic N) is 2. The second-order valence-corrected chi connectivity index (χ2v) is 4.87. The molecule has 0 aromatic heterocycles. The number of anilines is 1. The van der Waals surface area contributed by atoms with Gasteiger partial charge in [0.1, 0.15) is 12.3 Å². The Kier molecular flexibility index (Phi) is 3.72. The minimum Gasteiger partial charge on any atom is -0.478 e. The zero-order valence-electron chi connectivity index (χ0n) is 11.1. The third kappa shape index (κ3) is 2.40. The quantitative estimate of drug-likeness (QED) is 0.832. The van der Waals surface area contributed by atoms with Crippen molar-refractivity contribution in [2.45, 2.75) is 26.5 Å². The Morgan fingerprint density at radius 1 is 1.53 bits per heavy atom. The van der Waals surface area contributed by atoms with E-state index >= 15 is 0 Å². The first-order valence-electron chi connectivity index (χ1n) is 6.26. The van der Waals surface area contributed by atoms with Gasteiger partial charge in [-0.3, -0.25) is 9.69 Å². The van der Waals surface area contributed by atoms with Crippen molar-refractivity contribution < 1.29 is 9.53 Å². The van der Waals surface area contributed by atoms with Crippen LogP contribution in [0.3, 0.4) is 0 Å². The summed E-state index contributed by atoms with van der Waals surface area (Å²) in [7, 11) is 0. The molecular weight excluding hydrogens is 242 g/mol. The van der Waals surface area contributed by atoms with Crippen LogP contribution in [0.4, 0.5) is 5.69 Å². The largest absolute Gasteiger partial charge is 0.478 e. The molecule has 0 saturated heterocycles. The summed E-state index contributed by atoms with van der Waals surface area (Å²) in [6.45, 7) is 4.25. The highest BCUT2D eigenvalue weighted by Gasteiger charge is 2.36. The smallest absolute Gasteiger partial charge is 0.269 e. The molecule has 1 atom stereocenters. The van der Waals surface area contributed by atoms with E-state index in [9.17, 15) is 4.79 Å². The Balaban J connectivity index is 2.47. The van der Waals surface area contributed by atoms with E-state index in [1.54, 1.807) is 6.07 Å². The van der Waals surface area contributed by atoms with Crippen LogP contribution in [0.25, 0.3) is 0 Å². The molecule has 0 spiro atoms. The van der Waals surface area contributed by atoms with Gasteiger partial charge in [0.05, 0.1) is 11.8 Å². The van der Waals surface area contributed by atoms with E-state index in [4.69, 9.17) is 15.7 Å². The number of carbonyl (C=O) groups excluding carboxylic acids is 1. The summed E-state index contributed by atoms with van der Waals surface area (Å²) in [6.07, 6.45) is -0.537. The number of nitriles is 1. The minimum absolute atomic E-state index is 0.0203. The van der Waals surface area contributed by atoms with Crippen molar-refractivity contribution in [1.82, 2.24) is 0 Å². The van der Waals surface area contributed by atoms with Crippen molar-refractivity contribution in [2.75, 3.05) is 11.4 Å². The van der Waals surface area contributed by atoms with Gasteiger partial charge in [0.15, 0.2) is 6.10 Å². The number of ether oxygens (including phenoxy) is 1. The zero-order chi connectivity index (χ0) is 14.0. The summed E-state index contributed by atoms with van der Waals surface area (Å²) < 4.78 is 5.74. The zero-order valence-corrected chi connectivity index (χ0v) is 11.1. The molecule has 2 N–H and O–H groups in total. The van der Waals surface area contributed by atoms with Crippen molar-refractivity contribution in [3.63, 3.8) is 0 Å². The minimum atomic E-state index is -0.537. The standard InChI is InChI=1S/C14H17N3O2/c1-9(2)13-14(18)17(6-5-15)11-7-10(8-16)3-4-12(11)19-13/h3-4,7,9,13H,6,8,16H2,1-2H3. The molecule has 2 rings (SSSR count). The summed E-state index contributed by atoms with van der Waals surface area (Å²) in [5.74, 6) is 0.514. The molecule has 0 aliphatic carbocycles. The van der Waals surface area contributed by atoms with Gasteiger partial charge in [-0.05, 0) is 23.6 Å². The van der Waals surface area contributed by atoms with Crippen LogP contribution in [0.5, 0.6) is 5.75 Å². The maximum Gasteiger partial charge on any atom is 0.269 e. The molecule has 1 amide bonds. The summed E-state index contributed by atoms with van der Waals surface area (Å²) in [6, 6.07) is 7.51. The lowest BCUT2D eigenvalue weighted by atomic mass is 10.0. The van der Waals surface area contributed by atoms with Gasteiger partial charge in [-0.1, -0.05) is 19.9 Å². The predicted octanol–water partition coefficient (Wildman–Crippen LogP) is 1.42. The van der Waals surface area contributed by atoms with Gasteiger partial charge in [-0.15, -0.1) is 0 Å². The van der Waals surface area contributed by atoms with Gasteiger partial charge >= 0.3 is 0 Å². The SMILES string of the molecule is CC(C)C1Oc2ccc(CN)cc2N(CC#N)C1=O. The Hall–Kier alpha value is -2.06. The molecule has 1 aromatic carbocycles. The Labute approximate surface area is 112 Å². The topological polar surface area (TPSA) is 79.3 Å². The molecule has 5 heteroatoms. The van der Waals surface area contributed by atoms with Crippen molar-refractivity contribution in [3.05, 3.63) is 23.8 Å². The molecule has 1 aromatic rings. The number of amides is 1. The average Bonchev–Trinajstić information content (AvgIpc) is 2.40. The lowest BCUT2D eigenvalue weighted by molar-refractivity contribution is -0.128. The fourth-order valence-corrected chi connectivity index (χ4v) is 2.12. The van der Waals surface area contributed by atoms with Crippen molar-refractivity contribution >= 4 is 11.6 Å². The third-order valence-corrected chi connectivity index (χ3v) is 3.15. The van der Waals surface area contributed by atoms with Gasteiger partial charge < -0.3 is 10.5 Å². The maximum atomic E-state index is 12.3. The van der Waals surface area contributed by atoms with Crippen LogP contribution in [0, 0.1) is 17.2 Å². The first-order chi connectivity index (χ1) is 9.08. The molecule has 100 valence electrons. The Bertz CT molecular complexity index is 534. The summed E-state index contributed by atoms with van der Waals surface area (Å²) in [5.41, 5.74) is 7.14. The van der Waals surface area contributed by atoms with Gasteiger partial charge in [-0.25, -0.2) is 0 Å². The molecule has 1 unspecified atom stereocenters. The van der Waals surface area contributed by atoms with E-state index in [0.717, 1.165) is 5.56 Å². The van der Waals surface area contributed by atoms with E-state index in [1.165, 1.54) is 4.90 Å². The van der Waals surface area contributed by atoms with E-state index < -0.39 is 6.10 Å².